The Morgan fingerprint density at radius 1 is 0.500 bits per heavy atom. The normalized spacial score (nSPS) is 10.1. The van der Waals surface area contributed by atoms with Crippen molar-refractivity contribution in [1.29, 1.82) is 0 Å². The topological polar surface area (TPSA) is 0 Å². The van der Waals surface area contributed by atoms with E-state index in [2.05, 4.69) is 110 Å². The summed E-state index contributed by atoms with van der Waals surface area (Å²) < 4.78 is 0. The lowest BCUT2D eigenvalue weighted by molar-refractivity contribution is 1.21. The second kappa shape index (κ2) is 17.6. The van der Waals surface area contributed by atoms with E-state index in [0.29, 0.717) is 0 Å². The molecule has 0 atom stereocenters. The molecule has 34 heavy (non-hydrogen) atoms. The van der Waals surface area contributed by atoms with Gasteiger partial charge in [0.2, 0.25) is 0 Å². The van der Waals surface area contributed by atoms with E-state index in [-0.39, 0.29) is 0 Å². The zero-order valence-electron chi connectivity index (χ0n) is 20.3. The largest absolute Gasteiger partial charge is 0.103 e. The Balaban J connectivity index is 0.000000194. The van der Waals surface area contributed by atoms with Crippen LogP contribution in [0.25, 0.3) is 6.08 Å². The molecule has 0 saturated heterocycles. The Labute approximate surface area is 206 Å². The quantitative estimate of drug-likeness (QED) is 0.249. The predicted octanol–water partition coefficient (Wildman–Crippen LogP) is 9.16. The summed E-state index contributed by atoms with van der Waals surface area (Å²) in [5.41, 5.74) is 5.33. The highest BCUT2D eigenvalue weighted by Crippen LogP contribution is 2.03. The predicted molar refractivity (Wildman–Crippen MR) is 151 cm³/mol. The maximum atomic E-state index is 3.66. The molecular formula is C34H36. The van der Waals surface area contributed by atoms with Crippen LogP contribution in [0.1, 0.15) is 29.2 Å². The summed E-state index contributed by atoms with van der Waals surface area (Å²) in [6.45, 7) is 5.68. The highest BCUT2D eigenvalue weighted by Gasteiger charge is 1.88. The molecule has 0 aliphatic carbocycles. The Morgan fingerprint density at radius 3 is 1.21 bits per heavy atom. The molecule has 0 N–H and O–H groups in total. The van der Waals surface area contributed by atoms with Crippen LogP contribution in [0.5, 0.6) is 0 Å². The average molecular weight is 445 g/mol. The lowest BCUT2D eigenvalue weighted by Gasteiger charge is -1.96. The van der Waals surface area contributed by atoms with Crippen LogP contribution in [-0.4, -0.2) is 0 Å². The molecule has 0 heteroatoms. The van der Waals surface area contributed by atoms with E-state index in [4.69, 9.17) is 0 Å². The first kappa shape index (κ1) is 26.4. The Morgan fingerprint density at radius 2 is 0.853 bits per heavy atom. The van der Waals surface area contributed by atoms with E-state index >= 15 is 0 Å². The second-order valence-electron chi connectivity index (χ2n) is 7.74. The summed E-state index contributed by atoms with van der Waals surface area (Å²) in [5, 5.41) is 0. The van der Waals surface area contributed by atoms with Gasteiger partial charge in [-0.05, 0) is 48.4 Å². The summed E-state index contributed by atoms with van der Waals surface area (Å²) in [7, 11) is 0. The molecule has 0 fully saturated rings. The van der Waals surface area contributed by atoms with Crippen LogP contribution in [-0.2, 0) is 19.3 Å². The molecule has 4 rings (SSSR count). The van der Waals surface area contributed by atoms with Crippen LogP contribution in [0.2, 0.25) is 0 Å². The van der Waals surface area contributed by atoms with Gasteiger partial charge in [-0.3, -0.25) is 0 Å². The van der Waals surface area contributed by atoms with E-state index in [9.17, 15) is 0 Å². The molecule has 0 heterocycles. The fourth-order valence-corrected chi connectivity index (χ4v) is 3.20. The Bertz CT molecular complexity index is 1020. The van der Waals surface area contributed by atoms with E-state index in [1.165, 1.54) is 22.3 Å². The molecule has 0 aliphatic heterocycles. The molecule has 0 aliphatic rings. The molecule has 0 radical (unpaired) electrons. The molecule has 0 bridgehead atoms. The zero-order valence-corrected chi connectivity index (χ0v) is 20.3. The minimum atomic E-state index is 0.973. The van der Waals surface area contributed by atoms with Crippen molar-refractivity contribution in [1.82, 2.24) is 0 Å². The van der Waals surface area contributed by atoms with Crippen LogP contribution in [0, 0.1) is 0 Å². The zero-order chi connectivity index (χ0) is 24.1. The monoisotopic (exact) mass is 444 g/mol. The molecule has 0 amide bonds. The molecule has 0 nitrogen and oxygen atoms in total. The molecule has 0 spiro atoms. The van der Waals surface area contributed by atoms with Crippen molar-refractivity contribution in [3.05, 3.63) is 174 Å². The van der Waals surface area contributed by atoms with Crippen molar-refractivity contribution < 1.29 is 0 Å². The summed E-state index contributed by atoms with van der Waals surface area (Å²) >= 11 is 0. The first-order valence-electron chi connectivity index (χ1n) is 11.9. The number of hydrogen-bond acceptors (Lipinski definition) is 0. The second-order valence-corrected chi connectivity index (χ2v) is 7.74. The van der Waals surface area contributed by atoms with Gasteiger partial charge >= 0.3 is 0 Å². The maximum Gasteiger partial charge on any atom is -0.00973 e. The van der Waals surface area contributed by atoms with Crippen LogP contribution < -0.4 is 0 Å². The summed E-state index contributed by atoms with van der Waals surface area (Å²) in [5.74, 6) is 0. The summed E-state index contributed by atoms with van der Waals surface area (Å²) in [6.07, 6.45) is 13.5. The van der Waals surface area contributed by atoms with Crippen molar-refractivity contribution in [2.45, 2.75) is 26.2 Å². The molecule has 4 aromatic carbocycles. The van der Waals surface area contributed by atoms with E-state index < -0.39 is 0 Å². The van der Waals surface area contributed by atoms with Gasteiger partial charge in [0.15, 0.2) is 0 Å². The van der Waals surface area contributed by atoms with Crippen LogP contribution in [0.3, 0.4) is 0 Å². The van der Waals surface area contributed by atoms with Crippen molar-refractivity contribution in [3.63, 3.8) is 0 Å². The lowest BCUT2D eigenvalue weighted by atomic mass is 10.1. The van der Waals surface area contributed by atoms with Gasteiger partial charge in [-0.2, -0.15) is 0 Å². The minimum absolute atomic E-state index is 0.973. The third kappa shape index (κ3) is 12.2. The van der Waals surface area contributed by atoms with Crippen LogP contribution in [0.15, 0.2) is 152 Å². The van der Waals surface area contributed by atoms with Crippen LogP contribution in [0.4, 0.5) is 0 Å². The number of allylic oxidation sites excluding steroid dienone is 4. The number of hydrogen-bond donors (Lipinski definition) is 0. The van der Waals surface area contributed by atoms with Gasteiger partial charge in [0.05, 0.1) is 0 Å². The molecule has 0 aromatic heterocycles. The van der Waals surface area contributed by atoms with Gasteiger partial charge in [-0.25, -0.2) is 0 Å². The first-order chi connectivity index (χ1) is 16.8. The van der Waals surface area contributed by atoms with Crippen molar-refractivity contribution in [2.24, 2.45) is 0 Å². The standard InChI is InChI=1S/C16H16.2C9H10/c1-3-9-15(10-4-1)13-7-8-14-16-11-5-2-6-12-16;2*1-2-6-9-7-4-3-5-8-9/h1-12H,13-14H2;2-8H,1H3;2-5,7-8H,1,6H2. The third-order valence-electron chi connectivity index (χ3n) is 4.94. The minimum Gasteiger partial charge on any atom is -0.103 e. The van der Waals surface area contributed by atoms with Crippen molar-refractivity contribution >= 4 is 6.08 Å². The van der Waals surface area contributed by atoms with E-state index in [1.54, 1.807) is 0 Å². The first-order valence-corrected chi connectivity index (χ1v) is 11.9. The SMILES string of the molecule is C(=CCc1ccccc1)Cc1ccccc1.C=CCc1ccccc1.CC=Cc1ccccc1. The molecule has 172 valence electrons. The molecule has 0 saturated carbocycles. The fraction of sp³-hybridized carbons (Fsp3) is 0.118. The lowest BCUT2D eigenvalue weighted by Crippen LogP contribution is -1.81. The smallest absolute Gasteiger partial charge is 0.00973 e. The molecule has 4 aromatic rings. The van der Waals surface area contributed by atoms with Gasteiger partial charge in [-0.1, -0.05) is 152 Å². The van der Waals surface area contributed by atoms with Gasteiger partial charge in [0.25, 0.3) is 0 Å². The summed E-state index contributed by atoms with van der Waals surface area (Å²) in [4.78, 5) is 0. The highest BCUT2D eigenvalue weighted by atomic mass is 13.9. The van der Waals surface area contributed by atoms with Crippen molar-refractivity contribution in [2.75, 3.05) is 0 Å². The molecule has 0 unspecified atom stereocenters. The highest BCUT2D eigenvalue weighted by molar-refractivity contribution is 5.48. The summed E-state index contributed by atoms with van der Waals surface area (Å²) in [6, 6.07) is 41.6. The fourth-order valence-electron chi connectivity index (χ4n) is 3.20. The van der Waals surface area contributed by atoms with Crippen LogP contribution >= 0.6 is 0 Å². The Hall–Kier alpha value is -3.90. The van der Waals surface area contributed by atoms with E-state index in [0.717, 1.165) is 19.3 Å². The number of benzene rings is 4. The van der Waals surface area contributed by atoms with Gasteiger partial charge < -0.3 is 0 Å². The third-order valence-corrected chi connectivity index (χ3v) is 4.94. The van der Waals surface area contributed by atoms with Gasteiger partial charge in [0, 0.05) is 0 Å². The Kier molecular flexibility index (Phi) is 13.7. The van der Waals surface area contributed by atoms with E-state index in [1.807, 2.05) is 55.5 Å². The van der Waals surface area contributed by atoms with Crippen molar-refractivity contribution in [3.8, 4) is 0 Å². The van der Waals surface area contributed by atoms with Gasteiger partial charge in [-0.15, -0.1) is 6.58 Å². The maximum absolute atomic E-state index is 3.66. The average Bonchev–Trinajstić information content (AvgIpc) is 2.90. The van der Waals surface area contributed by atoms with Gasteiger partial charge in [0.1, 0.15) is 0 Å². The molecular weight excluding hydrogens is 408 g/mol. The number of rotatable bonds is 7.